The highest BCUT2D eigenvalue weighted by molar-refractivity contribution is 6.32. The van der Waals surface area contributed by atoms with Crippen LogP contribution in [-0.4, -0.2) is 52.9 Å². The van der Waals surface area contributed by atoms with Crippen LogP contribution in [0.3, 0.4) is 0 Å². The summed E-state index contributed by atoms with van der Waals surface area (Å²) in [7, 11) is 1.47. The molecule has 1 fully saturated rings. The monoisotopic (exact) mass is 314 g/mol. The number of carboxylic acids is 1. The van der Waals surface area contributed by atoms with E-state index in [1.54, 1.807) is 12.1 Å². The highest BCUT2D eigenvalue weighted by Gasteiger charge is 2.39. The fourth-order valence-corrected chi connectivity index (χ4v) is 2.47. The zero-order chi connectivity index (χ0) is 15.6. The van der Waals surface area contributed by atoms with Crippen LogP contribution < -0.4 is 10.1 Å². The van der Waals surface area contributed by atoms with Crippen LogP contribution in [0.25, 0.3) is 0 Å². The van der Waals surface area contributed by atoms with Crippen molar-refractivity contribution in [2.75, 3.05) is 19.0 Å². The quantitative estimate of drug-likeness (QED) is 0.783. The number of methoxy groups -OCH3 is 1. The van der Waals surface area contributed by atoms with Gasteiger partial charge in [0.25, 0.3) is 0 Å². The summed E-state index contributed by atoms with van der Waals surface area (Å²) in [6.07, 6.45) is -0.817. The molecule has 114 valence electrons. The van der Waals surface area contributed by atoms with Crippen LogP contribution in [0.5, 0.6) is 5.75 Å². The number of carbonyl (C=O) groups excluding carboxylic acids is 1. The van der Waals surface area contributed by atoms with Gasteiger partial charge in [0.15, 0.2) is 0 Å². The van der Waals surface area contributed by atoms with Gasteiger partial charge in [-0.15, -0.1) is 0 Å². The Morgan fingerprint density at radius 2 is 2.19 bits per heavy atom. The van der Waals surface area contributed by atoms with E-state index < -0.39 is 24.1 Å². The summed E-state index contributed by atoms with van der Waals surface area (Å²) in [6.45, 7) is -0.0211. The lowest BCUT2D eigenvalue weighted by Crippen LogP contribution is -2.43. The van der Waals surface area contributed by atoms with E-state index in [0.717, 1.165) is 4.90 Å². The number of nitrogens with zero attached hydrogens (tertiary/aromatic N) is 1. The smallest absolute Gasteiger partial charge is 0.326 e. The van der Waals surface area contributed by atoms with Gasteiger partial charge in [-0.05, 0) is 18.2 Å². The van der Waals surface area contributed by atoms with Crippen LogP contribution in [0.4, 0.5) is 10.5 Å². The largest absolute Gasteiger partial charge is 0.495 e. The lowest BCUT2D eigenvalue weighted by molar-refractivity contribution is -0.141. The summed E-state index contributed by atoms with van der Waals surface area (Å²) in [5.74, 6) is -0.677. The second kappa shape index (κ2) is 6.19. The summed E-state index contributed by atoms with van der Waals surface area (Å²) in [6, 6.07) is 3.05. The number of hydrogen-bond acceptors (Lipinski definition) is 4. The van der Waals surface area contributed by atoms with E-state index in [0.29, 0.717) is 16.5 Å². The Kier molecular flexibility index (Phi) is 4.54. The molecule has 0 aliphatic carbocycles. The van der Waals surface area contributed by atoms with Crippen molar-refractivity contribution in [3.05, 3.63) is 23.2 Å². The molecule has 1 saturated heterocycles. The third-order valence-electron chi connectivity index (χ3n) is 3.23. The third kappa shape index (κ3) is 3.37. The average Bonchev–Trinajstić information content (AvgIpc) is 2.81. The zero-order valence-corrected chi connectivity index (χ0v) is 12.0. The second-order valence-corrected chi connectivity index (χ2v) is 5.08. The number of ether oxygens (including phenoxy) is 1. The van der Waals surface area contributed by atoms with Crippen molar-refractivity contribution < 1.29 is 24.5 Å². The van der Waals surface area contributed by atoms with Crippen molar-refractivity contribution in [2.24, 2.45) is 0 Å². The molecule has 21 heavy (non-hydrogen) atoms. The Morgan fingerprint density at radius 3 is 2.76 bits per heavy atom. The third-order valence-corrected chi connectivity index (χ3v) is 3.52. The van der Waals surface area contributed by atoms with Crippen LogP contribution in [0.15, 0.2) is 18.2 Å². The Labute approximate surface area is 126 Å². The molecule has 1 aromatic rings. The number of amides is 2. The van der Waals surface area contributed by atoms with E-state index in [1.165, 1.54) is 13.2 Å². The van der Waals surface area contributed by atoms with Gasteiger partial charge in [0, 0.05) is 18.7 Å². The van der Waals surface area contributed by atoms with Crippen molar-refractivity contribution >= 4 is 29.3 Å². The van der Waals surface area contributed by atoms with E-state index in [-0.39, 0.29) is 13.0 Å². The Bertz CT molecular complexity index is 565. The molecule has 1 aliphatic heterocycles. The van der Waals surface area contributed by atoms with Crippen LogP contribution in [0.2, 0.25) is 5.02 Å². The summed E-state index contributed by atoms with van der Waals surface area (Å²) < 4.78 is 5.00. The number of aliphatic carboxylic acids is 1. The first-order chi connectivity index (χ1) is 9.92. The van der Waals surface area contributed by atoms with E-state index in [4.69, 9.17) is 21.4 Å². The van der Waals surface area contributed by atoms with Crippen molar-refractivity contribution in [3.8, 4) is 5.75 Å². The normalized spacial score (nSPS) is 21.2. The molecule has 3 N–H and O–H groups in total. The van der Waals surface area contributed by atoms with Gasteiger partial charge in [-0.1, -0.05) is 11.6 Å². The molecule has 0 spiro atoms. The highest BCUT2D eigenvalue weighted by atomic mass is 35.5. The summed E-state index contributed by atoms with van der Waals surface area (Å²) in [5.41, 5.74) is 0.413. The summed E-state index contributed by atoms with van der Waals surface area (Å²) in [5, 5.41) is 21.5. The number of nitrogens with one attached hydrogen (secondary N) is 1. The number of carbonyl (C=O) groups is 2. The lowest BCUT2D eigenvalue weighted by Gasteiger charge is -2.21. The van der Waals surface area contributed by atoms with Gasteiger partial charge in [-0.2, -0.15) is 0 Å². The number of rotatable bonds is 3. The first-order valence-corrected chi connectivity index (χ1v) is 6.62. The lowest BCUT2D eigenvalue weighted by atomic mass is 10.2. The van der Waals surface area contributed by atoms with E-state index in [1.807, 2.05) is 0 Å². The van der Waals surface area contributed by atoms with Crippen molar-refractivity contribution in [3.63, 3.8) is 0 Å². The van der Waals surface area contributed by atoms with E-state index in [2.05, 4.69) is 5.32 Å². The minimum absolute atomic E-state index is 0.0200. The number of benzene rings is 1. The Balaban J connectivity index is 2.10. The molecule has 0 saturated carbocycles. The highest BCUT2D eigenvalue weighted by Crippen LogP contribution is 2.28. The number of β-amino-alcohol motifs (C(OH)–C–C–N with tert-alkyl or cyclic N) is 1. The topological polar surface area (TPSA) is 99.1 Å². The number of aliphatic hydroxyl groups is 1. The first kappa shape index (κ1) is 15.4. The van der Waals surface area contributed by atoms with Gasteiger partial charge in [0.1, 0.15) is 11.8 Å². The molecule has 2 atom stereocenters. The molecule has 2 rings (SSSR count). The van der Waals surface area contributed by atoms with Gasteiger partial charge < -0.3 is 25.2 Å². The van der Waals surface area contributed by atoms with Crippen LogP contribution in [0, 0.1) is 0 Å². The maximum Gasteiger partial charge on any atom is 0.326 e. The molecule has 8 heteroatoms. The fraction of sp³-hybridized carbons (Fsp3) is 0.385. The summed E-state index contributed by atoms with van der Waals surface area (Å²) >= 11 is 5.95. The number of halogens is 1. The van der Waals surface area contributed by atoms with Crippen LogP contribution in [-0.2, 0) is 4.79 Å². The average molecular weight is 315 g/mol. The van der Waals surface area contributed by atoms with Gasteiger partial charge >= 0.3 is 12.0 Å². The molecule has 1 aliphatic rings. The standard InChI is InChI=1S/C13H15ClN2O5/c1-21-11-3-2-7(4-9(11)14)15-13(20)16-6-8(17)5-10(16)12(18)19/h2-4,8,10,17H,5-6H2,1H3,(H,15,20)(H,18,19)/t8-,10-/m0/s1. The molecule has 2 amide bonds. The number of anilines is 1. The molecule has 1 aromatic carbocycles. The minimum atomic E-state index is -1.14. The fourth-order valence-electron chi connectivity index (χ4n) is 2.21. The first-order valence-electron chi connectivity index (χ1n) is 6.24. The molecule has 0 aromatic heterocycles. The number of likely N-dealkylation sites (tertiary alicyclic amines) is 1. The predicted octanol–water partition coefficient (Wildman–Crippen LogP) is 1.40. The van der Waals surface area contributed by atoms with Crippen molar-refractivity contribution in [1.29, 1.82) is 0 Å². The van der Waals surface area contributed by atoms with Crippen LogP contribution >= 0.6 is 11.6 Å². The second-order valence-electron chi connectivity index (χ2n) is 4.68. The van der Waals surface area contributed by atoms with Gasteiger partial charge in [-0.3, -0.25) is 0 Å². The summed E-state index contributed by atoms with van der Waals surface area (Å²) in [4.78, 5) is 24.3. The number of hydrogen-bond donors (Lipinski definition) is 3. The molecule has 0 radical (unpaired) electrons. The molecule has 7 nitrogen and oxygen atoms in total. The maximum absolute atomic E-state index is 12.1. The minimum Gasteiger partial charge on any atom is -0.495 e. The molecule has 1 heterocycles. The molecular formula is C13H15ClN2O5. The number of carboxylic acid groups (broad SMARTS) is 1. The van der Waals surface area contributed by atoms with E-state index >= 15 is 0 Å². The molecular weight excluding hydrogens is 300 g/mol. The Hall–Kier alpha value is -1.99. The Morgan fingerprint density at radius 1 is 1.48 bits per heavy atom. The predicted molar refractivity (Wildman–Crippen MR) is 75.8 cm³/mol. The van der Waals surface area contributed by atoms with Crippen molar-refractivity contribution in [1.82, 2.24) is 4.90 Å². The van der Waals surface area contributed by atoms with Gasteiger partial charge in [0.2, 0.25) is 0 Å². The number of aliphatic hydroxyl groups excluding tert-OH is 1. The van der Waals surface area contributed by atoms with Crippen LogP contribution in [0.1, 0.15) is 6.42 Å². The van der Waals surface area contributed by atoms with Crippen molar-refractivity contribution in [2.45, 2.75) is 18.6 Å². The molecule has 0 bridgehead atoms. The number of urea groups is 1. The van der Waals surface area contributed by atoms with Gasteiger partial charge in [-0.25, -0.2) is 9.59 Å². The van der Waals surface area contributed by atoms with Gasteiger partial charge in [0.05, 0.1) is 18.2 Å². The zero-order valence-electron chi connectivity index (χ0n) is 11.2. The van der Waals surface area contributed by atoms with E-state index in [9.17, 15) is 14.7 Å². The molecule has 0 unspecified atom stereocenters. The SMILES string of the molecule is COc1ccc(NC(=O)N2C[C@@H](O)C[C@H]2C(=O)O)cc1Cl. The maximum atomic E-state index is 12.1.